The van der Waals surface area contributed by atoms with Crippen molar-refractivity contribution in [3.8, 4) is 66.8 Å². The van der Waals surface area contributed by atoms with Gasteiger partial charge in [0.1, 0.15) is 0 Å². The van der Waals surface area contributed by atoms with E-state index in [2.05, 4.69) is 0 Å². The van der Waals surface area contributed by atoms with Crippen LogP contribution < -0.4 is 4.90 Å². The number of para-hydroxylation sites is 1. The number of hydrogen-bond donors (Lipinski definition) is 0. The third-order valence-corrected chi connectivity index (χ3v) is 13.1. The molecule has 11 aromatic rings. The van der Waals surface area contributed by atoms with Gasteiger partial charge in [-0.2, -0.15) is 0 Å². The van der Waals surface area contributed by atoms with E-state index in [-0.39, 0.29) is 55.3 Å². The van der Waals surface area contributed by atoms with E-state index in [1.54, 1.807) is 0 Å². The third-order valence-electron chi connectivity index (χ3n) is 13.1. The van der Waals surface area contributed by atoms with Crippen molar-refractivity contribution in [2.75, 3.05) is 4.90 Å². The van der Waals surface area contributed by atoms with E-state index in [0.29, 0.717) is 0 Å². The van der Waals surface area contributed by atoms with Crippen molar-refractivity contribution in [3.05, 3.63) is 281 Å². The summed E-state index contributed by atoms with van der Waals surface area (Å²) >= 11 is 0. The fraction of sp³-hybridized carbons (Fsp3) is 0.0588. The predicted molar refractivity (Wildman–Crippen MR) is 289 cm³/mol. The van der Waals surface area contributed by atoms with E-state index in [1.165, 1.54) is 36.4 Å². The van der Waals surface area contributed by atoms with Crippen LogP contribution in [0.5, 0.6) is 0 Å². The van der Waals surface area contributed by atoms with E-state index in [4.69, 9.17) is 27.4 Å². The Hall–Kier alpha value is -8.52. The van der Waals surface area contributed by atoms with Gasteiger partial charge in [-0.05, 0) is 136 Å². The normalized spacial score (nSPS) is 21.6. The van der Waals surface area contributed by atoms with Gasteiger partial charge in [-0.25, -0.2) is 0 Å². The van der Waals surface area contributed by atoms with Gasteiger partial charge in [-0.3, -0.25) is 0 Å². The first-order valence-corrected chi connectivity index (χ1v) is 21.3. The molecule has 0 heterocycles. The lowest BCUT2D eigenvalue weighted by atomic mass is 9.70. The van der Waals surface area contributed by atoms with Crippen LogP contribution in [0, 0.1) is 0 Å². The summed E-state index contributed by atoms with van der Waals surface area (Å²) in [5, 5.41) is -0.677. The monoisotopic (exact) mass is 914 g/mol. The van der Waals surface area contributed by atoms with Crippen LogP contribution in [0.3, 0.4) is 0 Å². The van der Waals surface area contributed by atoms with Crippen LogP contribution in [0.1, 0.15) is 96.4 Å². The van der Waals surface area contributed by atoms with Gasteiger partial charge in [0.2, 0.25) is 0 Å². The molecule has 3 aliphatic rings. The highest BCUT2D eigenvalue weighted by Gasteiger charge is 2.51. The number of anilines is 3. The van der Waals surface area contributed by atoms with Gasteiger partial charge >= 0.3 is 0 Å². The largest absolute Gasteiger partial charge is 0.310 e. The average Bonchev–Trinajstić information content (AvgIpc) is 1.51. The van der Waals surface area contributed by atoms with Crippen LogP contribution in [0.25, 0.3) is 77.5 Å². The van der Waals surface area contributed by atoms with Gasteiger partial charge in [-0.1, -0.05) is 231 Å². The number of nitrogens with zero attached hydrogens (tertiary/aromatic N) is 1. The lowest BCUT2D eigenvalue weighted by Crippen LogP contribution is -2.26. The number of rotatable bonds is 6. The van der Waals surface area contributed by atoms with Crippen LogP contribution in [0.15, 0.2) is 248 Å². The van der Waals surface area contributed by atoms with Crippen LogP contribution in [0.2, 0.25) is 0 Å². The van der Waals surface area contributed by atoms with E-state index in [1.807, 2.05) is 0 Å². The molecule has 3 aliphatic carbocycles. The summed E-state index contributed by atoms with van der Waals surface area (Å²) in [6.07, 6.45) is 0. The van der Waals surface area contributed by atoms with E-state index < -0.39 is 279 Å². The Kier molecular flexibility index (Phi) is 3.88. The van der Waals surface area contributed by atoms with Gasteiger partial charge in [0.05, 0.1) is 52.2 Å². The molecule has 1 heteroatoms. The lowest BCUT2D eigenvalue weighted by molar-refractivity contribution is 0.660. The van der Waals surface area contributed by atoms with Crippen molar-refractivity contribution in [1.29, 1.82) is 0 Å². The zero-order valence-corrected chi connectivity index (χ0v) is 35.3. The van der Waals surface area contributed by atoms with Crippen molar-refractivity contribution in [1.82, 2.24) is 0 Å². The summed E-state index contributed by atoms with van der Waals surface area (Å²) in [6, 6.07) is -13.5. The molecule has 11 aromatic carbocycles. The summed E-state index contributed by atoms with van der Waals surface area (Å²) in [4.78, 5) is 0.815. The highest BCUT2D eigenvalue weighted by molar-refractivity contribution is 6.09. The van der Waals surface area contributed by atoms with Crippen molar-refractivity contribution < 1.29 is 49.3 Å². The molecule has 0 aliphatic heterocycles. The summed E-state index contributed by atoms with van der Waals surface area (Å²) in [7, 11) is 0. The molecule has 69 heavy (non-hydrogen) atoms. The first-order valence-electron chi connectivity index (χ1n) is 39.3. The van der Waals surface area contributed by atoms with E-state index in [0.717, 1.165) is 35.2 Å². The SMILES string of the molecule is [2H]c1cc2c(c([2H])c1[2H])-c1ccc(N(c3c([2H])cc(-c4c([2H])cc5c([2H])c([2H])c([2H])cc5c4-c4c([2H])ccc5c4-c4c([2H])c([2H])c([2H])c([2H])c4C5(C([2H])([2H])[2H])C([2H])([2H])[2H])c([2H])c3[2H])c3c([2H])c([2H])c([2H])c([2H])c3-c3c([2H])c([2H])c([2H])c([2H])c3[2H])cc1C21c2cc([2H])c([2H])c([2H])c2-c2c1cc([2H])c([2H])c2[2H]. The second-order valence-corrected chi connectivity index (χ2v) is 16.4. The van der Waals surface area contributed by atoms with Gasteiger partial charge in [0.15, 0.2) is 0 Å². The standard InChI is InChI=1S/C68H47N/c1-67(2)58-29-13-11-27-56(58)66-57(28-18-33-62(66)67)65-50-23-7-6-21-45(50)37-41-51(65)46-35-38-47(39-36-46)69(64-34-17-12-22-49(64)44-19-4-3-5-20-44)48-40-42-55-54-26-10-16-32-61(54)68(63(55)43-48)59-30-14-8-24-52(59)53-25-9-15-31-60(53)68/h3-43H,1-2H3/i1D3,2D3,3D,4D,5D,6D,7D,8D,9D,10D,11D,12D,13D,14D,15D,16D,17D,19D,20D,21D,22D,24D,25D,26D,27D,28D,29D,34D,35D,38D,39D,41D. The van der Waals surface area contributed by atoms with Crippen molar-refractivity contribution in [2.45, 2.75) is 24.5 Å². The van der Waals surface area contributed by atoms with Crippen molar-refractivity contribution in [3.63, 3.8) is 0 Å². The second-order valence-electron chi connectivity index (χ2n) is 16.4. The molecule has 0 aromatic heterocycles. The molecule has 1 spiro atoms. The van der Waals surface area contributed by atoms with Gasteiger partial charge < -0.3 is 4.90 Å². The molecule has 0 atom stereocenters. The van der Waals surface area contributed by atoms with Crippen LogP contribution in [-0.2, 0) is 10.8 Å². The Morgan fingerprint density at radius 2 is 1.01 bits per heavy atom. The minimum Gasteiger partial charge on any atom is -0.310 e. The molecular weight excluding hydrogens is 831 g/mol. The molecule has 14 rings (SSSR count). The van der Waals surface area contributed by atoms with Crippen LogP contribution in [0.4, 0.5) is 17.1 Å². The Morgan fingerprint density at radius 1 is 0.362 bits per heavy atom. The maximum absolute atomic E-state index is 10.4. The number of fused-ring (bicyclic) bond motifs is 14. The second kappa shape index (κ2) is 15.0. The predicted octanol–water partition coefficient (Wildman–Crippen LogP) is 18.0. The van der Waals surface area contributed by atoms with E-state index in [9.17, 15) is 21.9 Å². The molecule has 0 saturated heterocycles. The third kappa shape index (κ3) is 5.59. The molecule has 324 valence electrons. The summed E-state index contributed by atoms with van der Waals surface area (Å²) in [5.74, 6) is 0. The first-order chi connectivity index (χ1) is 48.9. The quantitative estimate of drug-likeness (QED) is 0.161. The van der Waals surface area contributed by atoms with Gasteiger partial charge in [0.25, 0.3) is 0 Å². The maximum atomic E-state index is 10.4. The summed E-state index contributed by atoms with van der Waals surface area (Å²) < 4.78 is 334. The fourth-order valence-electron chi connectivity index (χ4n) is 10.3. The summed E-state index contributed by atoms with van der Waals surface area (Å²) in [5.41, 5.74) is -15.6. The zero-order chi connectivity index (χ0) is 77.0. The Bertz CT molecular complexity index is 5800. The first kappa shape index (κ1) is 17.9. The topological polar surface area (TPSA) is 3.24 Å². The Morgan fingerprint density at radius 3 is 1.78 bits per heavy atom. The molecule has 0 saturated carbocycles. The van der Waals surface area contributed by atoms with Crippen LogP contribution >= 0.6 is 0 Å². The number of benzene rings is 11. The van der Waals surface area contributed by atoms with Gasteiger partial charge in [-0.15, -0.1) is 0 Å². The molecule has 0 fully saturated rings. The minimum absolute atomic E-state index is 0.0203. The van der Waals surface area contributed by atoms with Crippen molar-refractivity contribution in [2.24, 2.45) is 0 Å². The molecule has 0 radical (unpaired) electrons. The molecular formula is C68H47N. The van der Waals surface area contributed by atoms with Crippen LogP contribution in [-0.4, -0.2) is 0 Å². The molecule has 0 amide bonds. The summed E-state index contributed by atoms with van der Waals surface area (Å²) in [6.45, 7) is -7.46. The average molecular weight is 914 g/mol. The van der Waals surface area contributed by atoms with E-state index >= 15 is 0 Å². The fourth-order valence-corrected chi connectivity index (χ4v) is 10.3. The molecule has 0 N–H and O–H groups in total. The van der Waals surface area contributed by atoms with Crippen molar-refractivity contribution >= 4 is 27.8 Å². The minimum atomic E-state index is -3.73. The molecule has 1 nitrogen and oxygen atoms in total. The Labute approximate surface area is 454 Å². The number of hydrogen-bond acceptors (Lipinski definition) is 1. The smallest absolute Gasteiger partial charge is 0.0726 e. The zero-order valence-electron chi connectivity index (χ0n) is 71.3. The maximum Gasteiger partial charge on any atom is 0.0726 e. The lowest BCUT2D eigenvalue weighted by Gasteiger charge is -2.32. The molecule has 0 unspecified atom stereocenters. The molecule has 0 bridgehead atoms. The highest BCUT2D eigenvalue weighted by atomic mass is 15.1. The highest BCUT2D eigenvalue weighted by Crippen LogP contribution is 2.63. The Balaban J connectivity index is 1.16. The van der Waals surface area contributed by atoms with Gasteiger partial charge in [0, 0.05) is 30.6 Å².